The molecule has 0 fully saturated rings. The minimum absolute atomic E-state index is 0.0515. The van der Waals surface area contributed by atoms with Crippen molar-refractivity contribution in [2.24, 2.45) is 7.05 Å². The number of nitrogen functional groups attached to an aromatic ring is 1. The van der Waals surface area contributed by atoms with Crippen molar-refractivity contribution in [2.45, 2.75) is 13.0 Å². The highest BCUT2D eigenvalue weighted by molar-refractivity contribution is 6.68. The maximum atomic E-state index is 14.7. The van der Waals surface area contributed by atoms with Crippen molar-refractivity contribution in [2.75, 3.05) is 5.73 Å². The molecule has 0 aliphatic carbocycles. The van der Waals surface area contributed by atoms with Crippen LogP contribution in [0.25, 0.3) is 22.2 Å². The third-order valence-corrected chi connectivity index (χ3v) is 8.54. The molecular weight excluding hydrogens is 560 g/mol. The highest BCUT2D eigenvalue weighted by Crippen LogP contribution is 2.21. The molecule has 0 radical (unpaired) electrons. The molecule has 0 saturated heterocycles. The van der Waals surface area contributed by atoms with Gasteiger partial charge in [0, 0.05) is 36.9 Å². The van der Waals surface area contributed by atoms with Crippen LogP contribution in [0.1, 0.15) is 40.3 Å². The number of amides is 1. The lowest BCUT2D eigenvalue weighted by molar-refractivity contribution is 0.0940. The van der Waals surface area contributed by atoms with Gasteiger partial charge in [0.25, 0.3) is 11.5 Å². The summed E-state index contributed by atoms with van der Waals surface area (Å²) in [5.74, 6) is 6.23. The van der Waals surface area contributed by atoms with Gasteiger partial charge in [0.15, 0.2) is 11.5 Å². The van der Waals surface area contributed by atoms with Gasteiger partial charge in [-0.05, 0) is 25.1 Å². The minimum atomic E-state index is -0.710. The minimum Gasteiger partial charge on any atom is -0.381 e. The van der Waals surface area contributed by atoms with Crippen LogP contribution in [0.15, 0.2) is 53.8 Å². The zero-order chi connectivity index (χ0) is 32.2. The third kappa shape index (κ3) is 5.00. The lowest BCUT2D eigenvalue weighted by atomic mass is 9.61. The van der Waals surface area contributed by atoms with Gasteiger partial charge in [-0.3, -0.25) is 18.8 Å². The molecule has 45 heavy (non-hydrogen) atoms. The van der Waals surface area contributed by atoms with Crippen LogP contribution in [0.2, 0.25) is 0 Å². The largest absolute Gasteiger partial charge is 0.381 e. The predicted octanol–water partition coefficient (Wildman–Crippen LogP) is -6.07. The summed E-state index contributed by atoms with van der Waals surface area (Å²) in [5.41, 5.74) is 14.1. The molecule has 4 heterocycles. The van der Waals surface area contributed by atoms with Gasteiger partial charge >= 0.3 is 0 Å². The highest BCUT2D eigenvalue weighted by Gasteiger charge is 2.26. The van der Waals surface area contributed by atoms with E-state index in [-0.39, 0.29) is 16.9 Å². The van der Waals surface area contributed by atoms with E-state index in [0.29, 0.717) is 27.9 Å². The number of nitrogens with one attached hydrogen (secondary N) is 1. The molecular formula is C29H28B5N9O2. The summed E-state index contributed by atoms with van der Waals surface area (Å²) in [7, 11) is 12.0. The second-order valence-electron chi connectivity index (χ2n) is 11.3. The maximum absolute atomic E-state index is 14.7. The van der Waals surface area contributed by atoms with E-state index in [9.17, 15) is 9.59 Å². The molecule has 6 aromatic rings. The molecule has 1 amide bonds. The van der Waals surface area contributed by atoms with Crippen molar-refractivity contribution in [1.82, 2.24) is 39.2 Å². The molecule has 4 aromatic heterocycles. The number of aromatic nitrogens is 7. The van der Waals surface area contributed by atoms with Crippen LogP contribution >= 0.6 is 0 Å². The van der Waals surface area contributed by atoms with Gasteiger partial charge < -0.3 is 11.1 Å². The SMILES string of the molecule is Bc1c(B)c(B)c(-n2c([C@@H](C)NC(=O)c3c(N)nn4cccnc34)nc3cccc(C#Cc4cnn(C)c4)c3c2=O)c(B)c1B. The van der Waals surface area contributed by atoms with Gasteiger partial charge in [0.2, 0.25) is 0 Å². The molecule has 0 saturated carbocycles. The fourth-order valence-corrected chi connectivity index (χ4v) is 5.75. The summed E-state index contributed by atoms with van der Waals surface area (Å²) in [4.78, 5) is 37.7. The monoisotopic (exact) mass is 589 g/mol. The van der Waals surface area contributed by atoms with Crippen LogP contribution in [0.4, 0.5) is 5.82 Å². The van der Waals surface area contributed by atoms with Gasteiger partial charge in [0.05, 0.1) is 28.7 Å². The zero-order valence-electron chi connectivity index (χ0n) is 26.2. The quantitative estimate of drug-likeness (QED) is 0.155. The molecule has 16 heteroatoms. The third-order valence-electron chi connectivity index (χ3n) is 8.54. The van der Waals surface area contributed by atoms with Crippen molar-refractivity contribution in [1.29, 1.82) is 0 Å². The van der Waals surface area contributed by atoms with E-state index in [0.717, 1.165) is 38.6 Å². The molecule has 0 aliphatic heterocycles. The Morgan fingerprint density at radius 1 is 1.02 bits per heavy atom. The normalized spacial score (nSPS) is 11.8. The van der Waals surface area contributed by atoms with Crippen LogP contribution in [0.5, 0.6) is 0 Å². The number of hydrogen-bond donors (Lipinski definition) is 2. The van der Waals surface area contributed by atoms with E-state index < -0.39 is 11.9 Å². The number of carbonyl (C=O) groups is 1. The number of anilines is 1. The van der Waals surface area contributed by atoms with E-state index in [1.807, 2.05) is 41.1 Å². The molecule has 6 rings (SSSR count). The number of nitrogens with zero attached hydrogens (tertiary/aromatic N) is 7. The first-order valence-corrected chi connectivity index (χ1v) is 14.5. The highest BCUT2D eigenvalue weighted by atomic mass is 16.2. The van der Waals surface area contributed by atoms with Crippen LogP contribution in [-0.2, 0) is 7.05 Å². The van der Waals surface area contributed by atoms with E-state index in [2.05, 4.69) is 55.9 Å². The Bertz CT molecular complexity index is 2290. The van der Waals surface area contributed by atoms with Gasteiger partial charge in [-0.15, -0.1) is 10.6 Å². The van der Waals surface area contributed by atoms with Crippen LogP contribution < -0.4 is 43.9 Å². The van der Waals surface area contributed by atoms with Crippen molar-refractivity contribution in [3.8, 4) is 17.5 Å². The number of rotatable bonds is 4. The average molecular weight is 589 g/mol. The Morgan fingerprint density at radius 2 is 1.73 bits per heavy atom. The second kappa shape index (κ2) is 11.2. The number of fused-ring (bicyclic) bond motifs is 2. The van der Waals surface area contributed by atoms with Gasteiger partial charge in [0.1, 0.15) is 50.6 Å². The van der Waals surface area contributed by atoms with Crippen molar-refractivity contribution in [3.63, 3.8) is 0 Å². The summed E-state index contributed by atoms with van der Waals surface area (Å²) in [6.45, 7) is 1.79. The smallest absolute Gasteiger partial charge is 0.267 e. The van der Waals surface area contributed by atoms with Crippen molar-refractivity contribution >= 4 is 94.8 Å². The van der Waals surface area contributed by atoms with Crippen molar-refractivity contribution in [3.05, 3.63) is 81.9 Å². The topological polar surface area (TPSA) is 138 Å². The summed E-state index contributed by atoms with van der Waals surface area (Å²) >= 11 is 0. The second-order valence-corrected chi connectivity index (χ2v) is 11.3. The van der Waals surface area contributed by atoms with E-state index in [4.69, 9.17) is 10.7 Å². The summed E-state index contributed by atoms with van der Waals surface area (Å²) in [5, 5.41) is 11.8. The number of aryl methyl sites for hydroxylation is 1. The van der Waals surface area contributed by atoms with E-state index in [1.165, 1.54) is 4.52 Å². The average Bonchev–Trinajstić information content (AvgIpc) is 3.60. The Hall–Kier alpha value is -5.44. The van der Waals surface area contributed by atoms with E-state index in [1.54, 1.807) is 46.9 Å². The first-order chi connectivity index (χ1) is 21.5. The van der Waals surface area contributed by atoms with Gasteiger partial charge in [-0.25, -0.2) is 14.5 Å². The fraction of sp³-hybridized carbons (Fsp3) is 0.103. The van der Waals surface area contributed by atoms with Gasteiger partial charge in [-0.2, -0.15) is 5.10 Å². The zero-order valence-corrected chi connectivity index (χ0v) is 26.2. The predicted molar refractivity (Wildman–Crippen MR) is 191 cm³/mol. The molecule has 0 unspecified atom stereocenters. The molecule has 0 aliphatic rings. The Kier molecular flexibility index (Phi) is 7.40. The number of carbonyl (C=O) groups excluding carboxylic acids is 1. The Morgan fingerprint density at radius 3 is 2.42 bits per heavy atom. The van der Waals surface area contributed by atoms with E-state index >= 15 is 0 Å². The lowest BCUT2D eigenvalue weighted by Gasteiger charge is -2.26. The molecule has 0 bridgehead atoms. The van der Waals surface area contributed by atoms with Crippen molar-refractivity contribution < 1.29 is 4.79 Å². The van der Waals surface area contributed by atoms with Crippen LogP contribution in [0.3, 0.4) is 0 Å². The molecule has 216 valence electrons. The molecule has 11 nitrogen and oxygen atoms in total. The number of nitrogens with two attached hydrogens (primary N) is 1. The van der Waals surface area contributed by atoms with Gasteiger partial charge in [-0.1, -0.05) is 39.8 Å². The summed E-state index contributed by atoms with van der Waals surface area (Å²) in [6, 6.07) is 6.41. The maximum Gasteiger partial charge on any atom is 0.267 e. The molecule has 2 aromatic carbocycles. The summed E-state index contributed by atoms with van der Waals surface area (Å²) < 4.78 is 4.76. The lowest BCUT2D eigenvalue weighted by Crippen LogP contribution is -2.57. The van der Waals surface area contributed by atoms with Crippen LogP contribution in [-0.4, -0.2) is 79.1 Å². The Labute approximate surface area is 263 Å². The first kappa shape index (κ1) is 29.6. The first-order valence-electron chi connectivity index (χ1n) is 14.5. The molecule has 1 atom stereocenters. The fourth-order valence-electron chi connectivity index (χ4n) is 5.75. The Balaban J connectivity index is 1.58. The standard InChI is InChI=1S/C29H28B5N9O2/c1-13(38-28(44)18-25(35)40-42-10-4-9-36-27(18)42)26-39-16-6-3-5-15(8-7-14-11-37-41(2)12-14)17(16)29(45)43(26)24-22(33)20(31)19(30)21(32)23(24)34/h3-6,9-13H,30-34H2,1-2H3,(H2,35,40)(H,38,44)/t13-/m1/s1. The molecule has 0 spiro atoms. The summed E-state index contributed by atoms with van der Waals surface area (Å²) in [6.07, 6.45) is 6.73. The number of hydrogen-bond acceptors (Lipinski definition) is 7. The van der Waals surface area contributed by atoms with Crippen LogP contribution in [0, 0.1) is 11.8 Å². The molecule has 3 N–H and O–H groups in total. The number of benzene rings is 2.